The SMILES string of the molecule is CCC(C)C(C)NC(=O)c1cc(S(N)(=O)=O)cc(Br)c1Cl. The number of sulfonamides is 1. The van der Waals surface area contributed by atoms with Crippen LogP contribution in [0, 0.1) is 5.92 Å². The summed E-state index contributed by atoms with van der Waals surface area (Å²) >= 11 is 9.20. The van der Waals surface area contributed by atoms with Gasteiger partial charge >= 0.3 is 0 Å². The lowest BCUT2D eigenvalue weighted by atomic mass is 10.0. The lowest BCUT2D eigenvalue weighted by Crippen LogP contribution is -2.37. The molecule has 0 heterocycles. The summed E-state index contributed by atoms with van der Waals surface area (Å²) in [6.45, 7) is 5.93. The second kappa shape index (κ2) is 7.09. The minimum atomic E-state index is -3.92. The summed E-state index contributed by atoms with van der Waals surface area (Å²) in [6, 6.07) is 2.39. The molecule has 1 amide bonds. The molecule has 3 N–H and O–H groups in total. The number of hydrogen-bond acceptors (Lipinski definition) is 3. The van der Waals surface area contributed by atoms with Crippen LogP contribution in [0.1, 0.15) is 37.6 Å². The predicted molar refractivity (Wildman–Crippen MR) is 86.9 cm³/mol. The van der Waals surface area contributed by atoms with Crippen molar-refractivity contribution in [2.45, 2.75) is 38.1 Å². The molecule has 8 heteroatoms. The fourth-order valence-corrected chi connectivity index (χ4v) is 3.04. The summed E-state index contributed by atoms with van der Waals surface area (Å²) in [5.41, 5.74) is 0.0743. The van der Waals surface area contributed by atoms with E-state index in [1.807, 2.05) is 20.8 Å². The summed E-state index contributed by atoms with van der Waals surface area (Å²) in [7, 11) is -3.92. The van der Waals surface area contributed by atoms with E-state index in [9.17, 15) is 13.2 Å². The molecule has 0 aromatic heterocycles. The molecular formula is C13H18BrClN2O3S. The quantitative estimate of drug-likeness (QED) is 0.800. The first-order valence-corrected chi connectivity index (χ1v) is 9.12. The zero-order valence-electron chi connectivity index (χ0n) is 12.0. The number of nitrogens with two attached hydrogens (primary N) is 1. The van der Waals surface area contributed by atoms with Gasteiger partial charge < -0.3 is 5.32 Å². The Balaban J connectivity index is 3.18. The van der Waals surface area contributed by atoms with Gasteiger partial charge in [-0.15, -0.1) is 0 Å². The van der Waals surface area contributed by atoms with Crippen LogP contribution in [0.25, 0.3) is 0 Å². The molecule has 2 unspecified atom stereocenters. The molecule has 1 aromatic carbocycles. The third kappa shape index (κ3) is 4.67. The van der Waals surface area contributed by atoms with Crippen LogP contribution >= 0.6 is 27.5 Å². The zero-order chi connectivity index (χ0) is 16.4. The van der Waals surface area contributed by atoms with Crippen LogP contribution in [0.15, 0.2) is 21.5 Å². The Morgan fingerprint density at radius 1 is 1.43 bits per heavy atom. The van der Waals surface area contributed by atoms with Crippen LogP contribution in [0.5, 0.6) is 0 Å². The lowest BCUT2D eigenvalue weighted by molar-refractivity contribution is 0.0928. The number of carbonyl (C=O) groups excluding carboxylic acids is 1. The maximum atomic E-state index is 12.3. The van der Waals surface area contributed by atoms with Crippen molar-refractivity contribution in [2.24, 2.45) is 11.1 Å². The molecule has 0 aliphatic carbocycles. The molecule has 0 aliphatic heterocycles. The Kier molecular flexibility index (Phi) is 6.22. The van der Waals surface area contributed by atoms with Crippen LogP contribution in [0.3, 0.4) is 0 Å². The van der Waals surface area contributed by atoms with E-state index >= 15 is 0 Å². The molecule has 0 saturated carbocycles. The van der Waals surface area contributed by atoms with Crippen molar-refractivity contribution in [1.29, 1.82) is 0 Å². The Bertz CT molecular complexity index is 649. The van der Waals surface area contributed by atoms with Gasteiger partial charge in [-0.3, -0.25) is 4.79 Å². The van der Waals surface area contributed by atoms with Crippen LogP contribution in [0.4, 0.5) is 0 Å². The first-order valence-electron chi connectivity index (χ1n) is 6.40. The number of amides is 1. The van der Waals surface area contributed by atoms with Gasteiger partial charge in [-0.25, -0.2) is 13.6 Å². The Morgan fingerprint density at radius 3 is 2.48 bits per heavy atom. The number of rotatable bonds is 5. The highest BCUT2D eigenvalue weighted by atomic mass is 79.9. The molecular weight excluding hydrogens is 380 g/mol. The van der Waals surface area contributed by atoms with Gasteiger partial charge in [0.25, 0.3) is 5.91 Å². The second-order valence-corrected chi connectivity index (χ2v) is 7.75. The van der Waals surface area contributed by atoms with Gasteiger partial charge in [0.05, 0.1) is 15.5 Å². The molecule has 5 nitrogen and oxygen atoms in total. The van der Waals surface area contributed by atoms with E-state index < -0.39 is 15.9 Å². The first-order chi connectivity index (χ1) is 9.57. The van der Waals surface area contributed by atoms with E-state index in [1.54, 1.807) is 0 Å². The van der Waals surface area contributed by atoms with Gasteiger partial charge in [0.2, 0.25) is 10.0 Å². The number of nitrogens with one attached hydrogen (secondary N) is 1. The molecule has 1 aromatic rings. The fourth-order valence-electron chi connectivity index (χ4n) is 1.67. The molecule has 0 spiro atoms. The van der Waals surface area contributed by atoms with Crippen LogP contribution in [0.2, 0.25) is 5.02 Å². The van der Waals surface area contributed by atoms with Crippen molar-refractivity contribution in [3.8, 4) is 0 Å². The predicted octanol–water partition coefficient (Wildman–Crippen LogP) is 2.91. The normalized spacial score (nSPS) is 14.6. The molecule has 21 heavy (non-hydrogen) atoms. The van der Waals surface area contributed by atoms with Crippen molar-refractivity contribution in [3.63, 3.8) is 0 Å². The maximum Gasteiger partial charge on any atom is 0.253 e. The standard InChI is InChI=1S/C13H18BrClN2O3S/c1-4-7(2)8(3)17-13(18)10-5-9(21(16,19)20)6-11(14)12(10)15/h5-8H,4H2,1-3H3,(H,17,18)(H2,16,19,20). The lowest BCUT2D eigenvalue weighted by Gasteiger charge is -2.20. The number of primary sulfonamides is 1. The largest absolute Gasteiger partial charge is 0.349 e. The van der Waals surface area contributed by atoms with E-state index in [0.29, 0.717) is 4.47 Å². The van der Waals surface area contributed by atoms with Gasteiger partial charge in [0.1, 0.15) is 0 Å². The van der Waals surface area contributed by atoms with Gasteiger partial charge in [-0.05, 0) is 40.9 Å². The minimum absolute atomic E-state index is 0.0597. The molecule has 2 atom stereocenters. The number of benzene rings is 1. The van der Waals surface area contributed by atoms with Crippen molar-refractivity contribution >= 4 is 43.5 Å². The third-order valence-electron chi connectivity index (χ3n) is 3.43. The van der Waals surface area contributed by atoms with Gasteiger partial charge in [-0.2, -0.15) is 0 Å². The highest BCUT2D eigenvalue weighted by Crippen LogP contribution is 2.29. The van der Waals surface area contributed by atoms with Crippen molar-refractivity contribution in [2.75, 3.05) is 0 Å². The molecule has 0 bridgehead atoms. The zero-order valence-corrected chi connectivity index (χ0v) is 15.1. The third-order valence-corrected chi connectivity index (χ3v) is 5.58. The van der Waals surface area contributed by atoms with Gasteiger partial charge in [-0.1, -0.05) is 31.9 Å². The Morgan fingerprint density at radius 2 is 2.00 bits per heavy atom. The van der Waals surface area contributed by atoms with Crippen molar-refractivity contribution in [3.05, 3.63) is 27.2 Å². The van der Waals surface area contributed by atoms with Crippen molar-refractivity contribution < 1.29 is 13.2 Å². The van der Waals surface area contributed by atoms with Gasteiger partial charge in [0.15, 0.2) is 0 Å². The van der Waals surface area contributed by atoms with E-state index in [0.717, 1.165) is 6.42 Å². The molecule has 0 radical (unpaired) electrons. The van der Waals surface area contributed by atoms with E-state index in [2.05, 4.69) is 21.2 Å². The first kappa shape index (κ1) is 18.4. The number of hydrogen-bond donors (Lipinski definition) is 2. The second-order valence-electron chi connectivity index (χ2n) is 4.96. The molecule has 0 saturated heterocycles. The minimum Gasteiger partial charge on any atom is -0.349 e. The van der Waals surface area contributed by atoms with Crippen LogP contribution < -0.4 is 10.5 Å². The van der Waals surface area contributed by atoms with E-state index in [4.69, 9.17) is 16.7 Å². The summed E-state index contributed by atoms with van der Waals surface area (Å²) in [5, 5.41) is 8.06. The summed E-state index contributed by atoms with van der Waals surface area (Å²) in [6.07, 6.45) is 0.913. The highest BCUT2D eigenvalue weighted by Gasteiger charge is 2.21. The molecule has 0 fully saturated rings. The van der Waals surface area contributed by atoms with E-state index in [1.165, 1.54) is 12.1 Å². The highest BCUT2D eigenvalue weighted by molar-refractivity contribution is 9.10. The van der Waals surface area contributed by atoms with E-state index in [-0.39, 0.29) is 27.4 Å². The average molecular weight is 398 g/mol. The average Bonchev–Trinajstić information content (AvgIpc) is 2.39. The molecule has 118 valence electrons. The van der Waals surface area contributed by atoms with Gasteiger partial charge in [0, 0.05) is 10.5 Å². The Hall–Kier alpha value is -0.630. The topological polar surface area (TPSA) is 89.3 Å². The summed E-state index contributed by atoms with van der Waals surface area (Å²) in [4.78, 5) is 12.1. The van der Waals surface area contributed by atoms with Crippen LogP contribution in [-0.2, 0) is 10.0 Å². The monoisotopic (exact) mass is 396 g/mol. The molecule has 0 aliphatic rings. The number of halogens is 2. The van der Waals surface area contributed by atoms with Crippen LogP contribution in [-0.4, -0.2) is 20.4 Å². The summed E-state index contributed by atoms with van der Waals surface area (Å²) in [5.74, 6) is -0.142. The summed E-state index contributed by atoms with van der Waals surface area (Å²) < 4.78 is 23.2. The number of carbonyl (C=O) groups is 1. The van der Waals surface area contributed by atoms with Crippen molar-refractivity contribution in [1.82, 2.24) is 5.32 Å². The fraction of sp³-hybridized carbons (Fsp3) is 0.462. The molecule has 1 rings (SSSR count). The maximum absolute atomic E-state index is 12.3. The smallest absolute Gasteiger partial charge is 0.253 e. The Labute approximate surface area is 138 Å².